The molecule has 2 aliphatic heterocycles. The van der Waals surface area contributed by atoms with E-state index in [9.17, 15) is 0 Å². The van der Waals surface area contributed by atoms with Gasteiger partial charge in [-0.25, -0.2) is 4.68 Å². The Labute approximate surface area is 202 Å². The first-order valence-corrected chi connectivity index (χ1v) is 11.8. The normalized spacial score (nSPS) is 19.2. The molecular weight excluding hydrogens is 532 g/mol. The van der Waals surface area contributed by atoms with E-state index in [1.807, 2.05) is 23.9 Å². The molecule has 0 unspecified atom stereocenters. The van der Waals surface area contributed by atoms with Crippen LogP contribution in [-0.4, -0.2) is 21.8 Å². The van der Waals surface area contributed by atoms with Crippen LogP contribution in [0.2, 0.25) is 0 Å². The quantitative estimate of drug-likeness (QED) is 0.291. The van der Waals surface area contributed by atoms with Crippen molar-refractivity contribution in [3.63, 3.8) is 0 Å². The fourth-order valence-electron chi connectivity index (χ4n) is 4.63. The Morgan fingerprint density at radius 2 is 1.50 bits per heavy atom. The Morgan fingerprint density at radius 1 is 0.844 bits per heavy atom. The minimum atomic E-state index is -0.263. The summed E-state index contributed by atoms with van der Waals surface area (Å²) >= 11 is 7.12. The fourth-order valence-corrected chi connectivity index (χ4v) is 5.16. The van der Waals surface area contributed by atoms with Crippen LogP contribution in [0.1, 0.15) is 28.8 Å². The highest BCUT2D eigenvalue weighted by Gasteiger charge is 2.42. The van der Waals surface area contributed by atoms with Crippen LogP contribution in [0.4, 0.5) is 5.95 Å². The van der Waals surface area contributed by atoms with E-state index < -0.39 is 0 Å². The molecule has 3 aromatic carbocycles. The first-order chi connectivity index (χ1) is 15.6. The van der Waals surface area contributed by atoms with Gasteiger partial charge in [-0.3, -0.25) is 0 Å². The SMILES string of the molecule is CN1C2=C([C@H](c3ccc(Br)cc3)Oc3ccccc32)[C@H](c2ccc(Br)cc2)n2ncnc21. The van der Waals surface area contributed by atoms with Gasteiger partial charge in [0.05, 0.1) is 5.70 Å². The summed E-state index contributed by atoms with van der Waals surface area (Å²) in [5.74, 6) is 1.68. The largest absolute Gasteiger partial charge is 0.480 e. The van der Waals surface area contributed by atoms with E-state index in [1.165, 1.54) is 0 Å². The Morgan fingerprint density at radius 3 is 2.22 bits per heavy atom. The van der Waals surface area contributed by atoms with Gasteiger partial charge in [-0.2, -0.15) is 10.1 Å². The summed E-state index contributed by atoms with van der Waals surface area (Å²) in [5, 5.41) is 4.63. The molecule has 158 valence electrons. The second-order valence-electron chi connectivity index (χ2n) is 7.87. The maximum absolute atomic E-state index is 6.67. The molecular formula is C25H18Br2N4O. The smallest absolute Gasteiger partial charge is 0.229 e. The summed E-state index contributed by atoms with van der Waals surface area (Å²) in [5.41, 5.74) is 5.55. The number of rotatable bonds is 2. The van der Waals surface area contributed by atoms with Gasteiger partial charge in [-0.15, -0.1) is 0 Å². The molecule has 4 aromatic rings. The van der Waals surface area contributed by atoms with Crippen LogP contribution < -0.4 is 9.64 Å². The molecule has 0 N–H and O–H groups in total. The highest BCUT2D eigenvalue weighted by molar-refractivity contribution is 9.10. The molecule has 2 atom stereocenters. The molecule has 2 aliphatic rings. The molecule has 3 heterocycles. The lowest BCUT2D eigenvalue weighted by molar-refractivity contribution is 0.222. The number of halogens is 2. The lowest BCUT2D eigenvalue weighted by atomic mass is 9.84. The third kappa shape index (κ3) is 3.03. The zero-order chi connectivity index (χ0) is 21.8. The molecule has 0 bridgehead atoms. The number of benzene rings is 3. The van der Waals surface area contributed by atoms with Gasteiger partial charge in [-0.05, 0) is 47.5 Å². The van der Waals surface area contributed by atoms with Gasteiger partial charge in [0.25, 0.3) is 0 Å². The molecule has 0 amide bonds. The lowest BCUT2D eigenvalue weighted by Crippen LogP contribution is -2.37. The summed E-state index contributed by atoms with van der Waals surface area (Å²) in [6.07, 6.45) is 1.36. The van der Waals surface area contributed by atoms with Crippen LogP contribution in [0.15, 0.2) is 93.6 Å². The van der Waals surface area contributed by atoms with Crippen molar-refractivity contribution in [1.29, 1.82) is 0 Å². The molecule has 1 aromatic heterocycles. The van der Waals surface area contributed by atoms with E-state index in [1.54, 1.807) is 6.33 Å². The number of hydrogen-bond acceptors (Lipinski definition) is 4. The topological polar surface area (TPSA) is 43.2 Å². The van der Waals surface area contributed by atoms with E-state index in [0.29, 0.717) is 0 Å². The van der Waals surface area contributed by atoms with Crippen LogP contribution in [0.5, 0.6) is 5.75 Å². The average Bonchev–Trinajstić information content (AvgIpc) is 3.30. The number of anilines is 1. The monoisotopic (exact) mass is 548 g/mol. The summed E-state index contributed by atoms with van der Waals surface area (Å²) in [6, 6.07) is 24.8. The van der Waals surface area contributed by atoms with Crippen LogP contribution in [-0.2, 0) is 0 Å². The molecule has 6 rings (SSSR count). The highest BCUT2D eigenvalue weighted by Crippen LogP contribution is 2.52. The van der Waals surface area contributed by atoms with Gasteiger partial charge < -0.3 is 9.64 Å². The molecule has 0 radical (unpaired) electrons. The Hall–Kier alpha value is -2.90. The van der Waals surface area contributed by atoms with Crippen LogP contribution in [0, 0.1) is 0 Å². The van der Waals surface area contributed by atoms with Crippen LogP contribution >= 0.6 is 31.9 Å². The molecule has 0 saturated heterocycles. The van der Waals surface area contributed by atoms with Gasteiger partial charge >= 0.3 is 0 Å². The van der Waals surface area contributed by atoms with Gasteiger partial charge in [-0.1, -0.05) is 68.3 Å². The first-order valence-electron chi connectivity index (χ1n) is 10.3. The second kappa shape index (κ2) is 7.60. The minimum absolute atomic E-state index is 0.145. The summed E-state index contributed by atoms with van der Waals surface area (Å²) < 4.78 is 10.7. The molecule has 0 aliphatic carbocycles. The second-order valence-corrected chi connectivity index (χ2v) is 9.70. The number of fused-ring (bicyclic) bond motifs is 3. The van der Waals surface area contributed by atoms with Crippen molar-refractivity contribution in [3.8, 4) is 5.75 Å². The number of para-hydroxylation sites is 1. The number of aromatic nitrogens is 3. The maximum atomic E-state index is 6.67. The highest BCUT2D eigenvalue weighted by atomic mass is 79.9. The van der Waals surface area contributed by atoms with Crippen molar-refractivity contribution >= 4 is 43.5 Å². The first kappa shape index (κ1) is 19.8. The molecule has 32 heavy (non-hydrogen) atoms. The van der Waals surface area contributed by atoms with E-state index in [4.69, 9.17) is 4.74 Å². The summed E-state index contributed by atoms with van der Waals surface area (Å²) in [7, 11) is 2.05. The Bertz CT molecular complexity index is 1350. The van der Waals surface area contributed by atoms with Crippen molar-refractivity contribution in [2.45, 2.75) is 12.1 Å². The lowest BCUT2D eigenvalue weighted by Gasteiger charge is -2.42. The maximum Gasteiger partial charge on any atom is 0.229 e. The number of nitrogens with zero attached hydrogens (tertiary/aromatic N) is 4. The van der Waals surface area contributed by atoms with Crippen molar-refractivity contribution in [2.24, 2.45) is 0 Å². The third-order valence-corrected chi connectivity index (χ3v) is 7.09. The van der Waals surface area contributed by atoms with Crippen molar-refractivity contribution in [1.82, 2.24) is 14.8 Å². The molecule has 0 saturated carbocycles. The van der Waals surface area contributed by atoms with Crippen molar-refractivity contribution < 1.29 is 4.74 Å². The molecule has 5 nitrogen and oxygen atoms in total. The zero-order valence-corrected chi connectivity index (χ0v) is 20.3. The van der Waals surface area contributed by atoms with E-state index in [2.05, 4.69) is 108 Å². The fraction of sp³-hybridized carbons (Fsp3) is 0.120. The third-order valence-electron chi connectivity index (χ3n) is 6.03. The molecule has 7 heteroatoms. The van der Waals surface area contributed by atoms with Gasteiger partial charge in [0.15, 0.2) is 0 Å². The summed E-state index contributed by atoms with van der Waals surface area (Å²) in [4.78, 5) is 6.72. The van der Waals surface area contributed by atoms with Crippen molar-refractivity contribution in [2.75, 3.05) is 11.9 Å². The predicted molar refractivity (Wildman–Crippen MR) is 132 cm³/mol. The van der Waals surface area contributed by atoms with Crippen molar-refractivity contribution in [3.05, 3.63) is 110 Å². The van der Waals surface area contributed by atoms with Gasteiger partial charge in [0.2, 0.25) is 5.95 Å². The molecule has 0 fully saturated rings. The zero-order valence-electron chi connectivity index (χ0n) is 17.1. The number of hydrogen-bond donors (Lipinski definition) is 0. The molecule has 0 spiro atoms. The Kier molecular flexibility index (Phi) is 4.69. The van der Waals surface area contributed by atoms with E-state index in [0.717, 1.165) is 48.6 Å². The standard InChI is InChI=1S/C25H18Br2N4O/c1-30-23-19-4-2-3-5-20(19)32-24(16-8-12-18(27)13-9-16)21(23)22(31-25(30)28-14-29-31)15-6-10-17(26)11-7-15/h2-14,22,24H,1H3/t22-,24-/m0/s1. The van der Waals surface area contributed by atoms with Gasteiger partial charge in [0, 0.05) is 27.1 Å². The number of ether oxygens (including phenoxy) is 1. The van der Waals surface area contributed by atoms with E-state index in [-0.39, 0.29) is 12.1 Å². The van der Waals surface area contributed by atoms with Crippen LogP contribution in [0.25, 0.3) is 5.70 Å². The predicted octanol–water partition coefficient (Wildman–Crippen LogP) is 6.39. The van der Waals surface area contributed by atoms with Crippen LogP contribution in [0.3, 0.4) is 0 Å². The van der Waals surface area contributed by atoms with Gasteiger partial charge in [0.1, 0.15) is 24.2 Å². The Balaban J connectivity index is 1.65. The average molecular weight is 550 g/mol. The minimum Gasteiger partial charge on any atom is -0.480 e. The van der Waals surface area contributed by atoms with E-state index >= 15 is 0 Å². The summed E-state index contributed by atoms with van der Waals surface area (Å²) in [6.45, 7) is 0.